The number of carbonyl (C=O) groups excluding carboxylic acids is 1. The lowest BCUT2D eigenvalue weighted by molar-refractivity contribution is 0.0939. The van der Waals surface area contributed by atoms with Crippen LogP contribution in [0, 0.1) is 13.8 Å². The molecular formula is C24H24N4O3. The maximum Gasteiger partial charge on any atom is 0.251 e. The van der Waals surface area contributed by atoms with Crippen molar-refractivity contribution in [1.29, 1.82) is 0 Å². The molecule has 0 unspecified atom stereocenters. The molecule has 158 valence electrons. The first-order chi connectivity index (χ1) is 15.0. The molecule has 31 heavy (non-hydrogen) atoms. The Balaban J connectivity index is 1.39. The summed E-state index contributed by atoms with van der Waals surface area (Å²) >= 11 is 0. The molecular weight excluding hydrogens is 392 g/mol. The third-order valence-corrected chi connectivity index (χ3v) is 5.20. The zero-order valence-electron chi connectivity index (χ0n) is 17.7. The van der Waals surface area contributed by atoms with Gasteiger partial charge in [0.05, 0.1) is 23.6 Å². The highest BCUT2D eigenvalue weighted by atomic mass is 16.5. The van der Waals surface area contributed by atoms with Crippen LogP contribution in [0.3, 0.4) is 0 Å². The minimum Gasteiger partial charge on any atom is -0.489 e. The van der Waals surface area contributed by atoms with Gasteiger partial charge < -0.3 is 19.1 Å². The predicted octanol–water partition coefficient (Wildman–Crippen LogP) is 4.55. The largest absolute Gasteiger partial charge is 0.489 e. The summed E-state index contributed by atoms with van der Waals surface area (Å²) in [6, 6.07) is 15.0. The number of carbonyl (C=O) groups is 1. The van der Waals surface area contributed by atoms with Gasteiger partial charge >= 0.3 is 0 Å². The molecule has 4 rings (SSSR count). The Labute approximate surface area is 180 Å². The summed E-state index contributed by atoms with van der Waals surface area (Å²) < 4.78 is 12.9. The minimum atomic E-state index is -0.158. The Hall–Kier alpha value is -3.87. The highest BCUT2D eigenvalue weighted by Crippen LogP contribution is 2.20. The second kappa shape index (κ2) is 8.87. The van der Waals surface area contributed by atoms with E-state index in [1.54, 1.807) is 24.7 Å². The number of rotatable bonds is 7. The lowest BCUT2D eigenvalue weighted by atomic mass is 10.1. The maximum absolute atomic E-state index is 12.8. The first-order valence-electron chi connectivity index (χ1n) is 10.0. The first kappa shape index (κ1) is 20.4. The van der Waals surface area contributed by atoms with Crippen molar-refractivity contribution in [3.05, 3.63) is 95.4 Å². The van der Waals surface area contributed by atoms with Gasteiger partial charge in [0.15, 0.2) is 0 Å². The van der Waals surface area contributed by atoms with Crippen LogP contribution in [-0.4, -0.2) is 20.6 Å². The summed E-state index contributed by atoms with van der Waals surface area (Å²) in [6.45, 7) is 6.03. The number of aryl methyl sites for hydroxylation is 2. The van der Waals surface area contributed by atoms with E-state index in [1.807, 2.05) is 67.9 Å². The van der Waals surface area contributed by atoms with Gasteiger partial charge in [0.25, 0.3) is 5.91 Å². The normalized spacial score (nSPS) is 11.8. The molecule has 7 heteroatoms. The van der Waals surface area contributed by atoms with E-state index >= 15 is 0 Å². The van der Waals surface area contributed by atoms with Gasteiger partial charge in [-0.3, -0.25) is 4.79 Å². The van der Waals surface area contributed by atoms with Gasteiger partial charge in [-0.1, -0.05) is 23.4 Å². The van der Waals surface area contributed by atoms with Crippen LogP contribution in [0.2, 0.25) is 0 Å². The van der Waals surface area contributed by atoms with Crippen molar-refractivity contribution in [1.82, 2.24) is 20.0 Å². The minimum absolute atomic E-state index is 0.142. The van der Waals surface area contributed by atoms with Gasteiger partial charge in [-0.15, -0.1) is 0 Å². The predicted molar refractivity (Wildman–Crippen MR) is 116 cm³/mol. The highest BCUT2D eigenvalue weighted by molar-refractivity contribution is 5.94. The molecule has 2 aromatic heterocycles. The van der Waals surface area contributed by atoms with Crippen molar-refractivity contribution < 1.29 is 14.1 Å². The highest BCUT2D eigenvalue weighted by Gasteiger charge is 2.14. The summed E-state index contributed by atoms with van der Waals surface area (Å²) in [5.74, 6) is 1.19. The van der Waals surface area contributed by atoms with Gasteiger partial charge in [-0.25, -0.2) is 4.98 Å². The van der Waals surface area contributed by atoms with Crippen LogP contribution in [0.4, 0.5) is 0 Å². The van der Waals surface area contributed by atoms with Crippen LogP contribution in [-0.2, 0) is 6.61 Å². The Morgan fingerprint density at radius 1 is 1.19 bits per heavy atom. The molecule has 0 bridgehead atoms. The van der Waals surface area contributed by atoms with Crippen molar-refractivity contribution in [2.75, 3.05) is 0 Å². The third-order valence-electron chi connectivity index (χ3n) is 5.20. The fourth-order valence-electron chi connectivity index (χ4n) is 3.30. The fraction of sp³-hybridized carbons (Fsp3) is 0.208. The number of nitrogens with one attached hydrogen (secondary N) is 1. The molecule has 1 amide bonds. The van der Waals surface area contributed by atoms with E-state index in [-0.39, 0.29) is 11.9 Å². The van der Waals surface area contributed by atoms with Crippen LogP contribution < -0.4 is 10.1 Å². The van der Waals surface area contributed by atoms with Crippen molar-refractivity contribution in [2.45, 2.75) is 33.4 Å². The number of hydrogen-bond acceptors (Lipinski definition) is 5. The zero-order valence-corrected chi connectivity index (χ0v) is 17.7. The molecule has 2 aromatic carbocycles. The Bertz CT molecular complexity index is 1140. The fourth-order valence-corrected chi connectivity index (χ4v) is 3.30. The maximum atomic E-state index is 12.8. The van der Waals surface area contributed by atoms with Crippen LogP contribution in [0.1, 0.15) is 45.9 Å². The lowest BCUT2D eigenvalue weighted by Gasteiger charge is -2.15. The average molecular weight is 416 g/mol. The Morgan fingerprint density at radius 3 is 2.68 bits per heavy atom. The van der Waals surface area contributed by atoms with E-state index in [4.69, 9.17) is 9.26 Å². The second-order valence-electron chi connectivity index (χ2n) is 7.38. The zero-order chi connectivity index (χ0) is 21.8. The van der Waals surface area contributed by atoms with Crippen LogP contribution in [0.25, 0.3) is 5.69 Å². The molecule has 1 N–H and O–H groups in total. The molecule has 0 aliphatic carbocycles. The molecule has 0 aliphatic heterocycles. The SMILES string of the molecule is Cc1noc(C)c1COc1cccc(C(=O)N[C@H](C)c2ccc(-n3ccnc3)cc2)c1. The number of amides is 1. The lowest BCUT2D eigenvalue weighted by Crippen LogP contribution is -2.26. The molecule has 0 saturated heterocycles. The van der Waals surface area contributed by atoms with Gasteiger partial charge in [-0.05, 0) is 56.7 Å². The van der Waals surface area contributed by atoms with E-state index < -0.39 is 0 Å². The van der Waals surface area contributed by atoms with Crippen molar-refractivity contribution in [2.24, 2.45) is 0 Å². The van der Waals surface area contributed by atoms with Crippen molar-refractivity contribution >= 4 is 5.91 Å². The summed E-state index contributed by atoms with van der Waals surface area (Å²) in [5.41, 5.74) is 4.30. The standard InChI is InChI=1S/C24H24N4O3/c1-16(19-7-9-21(10-8-19)28-12-11-25-15-28)26-24(29)20-5-4-6-22(13-20)30-14-23-17(2)27-31-18(23)3/h4-13,15-16H,14H2,1-3H3,(H,26,29)/t16-/m1/s1. The van der Waals surface area contributed by atoms with Crippen molar-refractivity contribution in [3.8, 4) is 11.4 Å². The topological polar surface area (TPSA) is 82.2 Å². The summed E-state index contributed by atoms with van der Waals surface area (Å²) in [5, 5.41) is 6.98. The molecule has 0 aliphatic rings. The van der Waals surface area contributed by atoms with E-state index in [0.29, 0.717) is 17.9 Å². The quantitative estimate of drug-likeness (QED) is 0.478. The molecule has 0 radical (unpaired) electrons. The molecule has 1 atom stereocenters. The van der Waals surface area contributed by atoms with E-state index in [9.17, 15) is 4.79 Å². The van der Waals surface area contributed by atoms with Gasteiger partial charge in [-0.2, -0.15) is 0 Å². The van der Waals surface area contributed by atoms with E-state index in [0.717, 1.165) is 28.3 Å². The number of hydrogen-bond donors (Lipinski definition) is 1. The molecule has 2 heterocycles. The van der Waals surface area contributed by atoms with Crippen LogP contribution in [0.5, 0.6) is 5.75 Å². The molecule has 0 fully saturated rings. The number of ether oxygens (including phenoxy) is 1. The molecule has 4 aromatic rings. The number of benzene rings is 2. The second-order valence-corrected chi connectivity index (χ2v) is 7.38. The smallest absolute Gasteiger partial charge is 0.251 e. The third kappa shape index (κ3) is 4.66. The average Bonchev–Trinajstić information content (AvgIpc) is 3.43. The number of nitrogens with zero attached hydrogens (tertiary/aromatic N) is 3. The summed E-state index contributed by atoms with van der Waals surface area (Å²) in [4.78, 5) is 16.8. The monoisotopic (exact) mass is 416 g/mol. The molecule has 0 spiro atoms. The first-order valence-corrected chi connectivity index (χ1v) is 10.0. The molecule has 0 saturated carbocycles. The van der Waals surface area contributed by atoms with E-state index in [2.05, 4.69) is 15.5 Å². The van der Waals surface area contributed by atoms with Crippen LogP contribution in [0.15, 0.2) is 71.8 Å². The van der Waals surface area contributed by atoms with Crippen molar-refractivity contribution in [3.63, 3.8) is 0 Å². The van der Waals surface area contributed by atoms with Gasteiger partial charge in [0.1, 0.15) is 18.1 Å². The Kier molecular flexibility index (Phi) is 5.84. The number of imidazole rings is 1. The number of aromatic nitrogens is 3. The van der Waals surface area contributed by atoms with Gasteiger partial charge in [0.2, 0.25) is 0 Å². The summed E-state index contributed by atoms with van der Waals surface area (Å²) in [7, 11) is 0. The van der Waals surface area contributed by atoms with Crippen LogP contribution >= 0.6 is 0 Å². The Morgan fingerprint density at radius 2 is 2.00 bits per heavy atom. The van der Waals surface area contributed by atoms with Gasteiger partial charge in [0, 0.05) is 23.6 Å². The summed E-state index contributed by atoms with van der Waals surface area (Å²) in [6.07, 6.45) is 5.38. The van der Waals surface area contributed by atoms with E-state index in [1.165, 1.54) is 0 Å². The molecule has 7 nitrogen and oxygen atoms in total.